The van der Waals surface area contributed by atoms with Crippen molar-refractivity contribution in [1.82, 2.24) is 0 Å². The molecule has 0 saturated heterocycles. The molecule has 0 spiro atoms. The highest BCUT2D eigenvalue weighted by Gasteiger charge is 1.87. The molecule has 0 N–H and O–H groups in total. The van der Waals surface area contributed by atoms with Crippen LogP contribution in [0, 0.1) is 0 Å². The molecule has 0 saturated carbocycles. The fourth-order valence-electron chi connectivity index (χ4n) is 0.364. The van der Waals surface area contributed by atoms with Crippen molar-refractivity contribution in [3.63, 3.8) is 0 Å². The number of rotatable bonds is 4. The molecule has 0 unspecified atom stereocenters. The lowest BCUT2D eigenvalue weighted by Crippen LogP contribution is -1.84. The van der Waals surface area contributed by atoms with Gasteiger partial charge in [-0.15, -0.1) is 0 Å². The maximum atomic E-state index is 5.05. The lowest BCUT2D eigenvalue weighted by Gasteiger charge is -2.01. The Morgan fingerprint density at radius 2 is 1.90 bits per heavy atom. The predicted octanol–water partition coefficient (Wildman–Crippen LogP) is 3.27. The SMILES string of the molecule is C=C(OCC)SCC.CC. The lowest BCUT2D eigenvalue weighted by atomic mass is 10.9. The Balaban J connectivity index is 0. The van der Waals surface area contributed by atoms with E-state index in [4.69, 9.17) is 4.74 Å². The average molecular weight is 162 g/mol. The molecule has 62 valence electrons. The molecule has 0 aliphatic heterocycles. The molecule has 0 heterocycles. The molecule has 0 rings (SSSR count). The fourth-order valence-corrected chi connectivity index (χ4v) is 0.887. The lowest BCUT2D eigenvalue weighted by molar-refractivity contribution is 0.259. The Bertz CT molecular complexity index is 63.7. The molecule has 0 aromatic rings. The van der Waals surface area contributed by atoms with E-state index in [9.17, 15) is 0 Å². The summed E-state index contributed by atoms with van der Waals surface area (Å²) in [6, 6.07) is 0. The van der Waals surface area contributed by atoms with Crippen LogP contribution in [0.15, 0.2) is 11.7 Å². The van der Waals surface area contributed by atoms with Crippen LogP contribution in [0.25, 0.3) is 0 Å². The molecular formula is C8H18OS. The van der Waals surface area contributed by atoms with Crippen molar-refractivity contribution in [3.8, 4) is 0 Å². The zero-order valence-corrected chi connectivity index (χ0v) is 8.25. The van der Waals surface area contributed by atoms with E-state index in [1.165, 1.54) is 0 Å². The third-order valence-corrected chi connectivity index (χ3v) is 1.34. The topological polar surface area (TPSA) is 9.23 Å². The van der Waals surface area contributed by atoms with Crippen molar-refractivity contribution >= 4 is 11.8 Å². The zero-order chi connectivity index (χ0) is 8.41. The van der Waals surface area contributed by atoms with Gasteiger partial charge in [-0.1, -0.05) is 32.5 Å². The van der Waals surface area contributed by atoms with Crippen LogP contribution in [0.3, 0.4) is 0 Å². The molecule has 0 fully saturated rings. The van der Waals surface area contributed by atoms with Gasteiger partial charge >= 0.3 is 0 Å². The van der Waals surface area contributed by atoms with Gasteiger partial charge < -0.3 is 4.74 Å². The standard InChI is InChI=1S/C6H12OS.C2H6/c1-4-7-6(3)8-5-2;1-2/h3-5H2,1-2H3;1-2H3. The largest absolute Gasteiger partial charge is 0.488 e. The summed E-state index contributed by atoms with van der Waals surface area (Å²) >= 11 is 1.64. The Labute approximate surface area is 68.8 Å². The van der Waals surface area contributed by atoms with E-state index in [1.807, 2.05) is 20.8 Å². The molecule has 10 heavy (non-hydrogen) atoms. The van der Waals surface area contributed by atoms with Crippen LogP contribution in [0.5, 0.6) is 0 Å². The molecule has 0 atom stereocenters. The first-order valence-corrected chi connectivity index (χ1v) is 4.74. The van der Waals surface area contributed by atoms with E-state index in [-0.39, 0.29) is 0 Å². The fraction of sp³-hybridized carbons (Fsp3) is 0.750. The quantitative estimate of drug-likeness (QED) is 0.587. The number of hydrogen-bond donors (Lipinski definition) is 0. The molecule has 0 aliphatic carbocycles. The van der Waals surface area contributed by atoms with Crippen LogP contribution < -0.4 is 0 Å². The third kappa shape index (κ3) is 10.8. The van der Waals surface area contributed by atoms with E-state index < -0.39 is 0 Å². The van der Waals surface area contributed by atoms with Crippen molar-refractivity contribution in [2.45, 2.75) is 27.7 Å². The normalized spacial score (nSPS) is 7.60. The summed E-state index contributed by atoms with van der Waals surface area (Å²) in [4.78, 5) is 0. The van der Waals surface area contributed by atoms with Crippen LogP contribution in [0.4, 0.5) is 0 Å². The van der Waals surface area contributed by atoms with Gasteiger partial charge in [0.2, 0.25) is 0 Å². The van der Waals surface area contributed by atoms with E-state index in [2.05, 4.69) is 13.5 Å². The number of thioether (sulfide) groups is 1. The van der Waals surface area contributed by atoms with Crippen molar-refractivity contribution in [2.24, 2.45) is 0 Å². The smallest absolute Gasteiger partial charge is 0.145 e. The molecule has 0 aromatic heterocycles. The van der Waals surface area contributed by atoms with E-state index in [0.717, 1.165) is 17.5 Å². The van der Waals surface area contributed by atoms with Crippen molar-refractivity contribution < 1.29 is 4.74 Å². The molecule has 1 nitrogen and oxygen atoms in total. The Morgan fingerprint density at radius 1 is 1.40 bits per heavy atom. The summed E-state index contributed by atoms with van der Waals surface area (Å²) in [7, 11) is 0. The third-order valence-electron chi connectivity index (χ3n) is 0.611. The maximum Gasteiger partial charge on any atom is 0.145 e. The predicted molar refractivity (Wildman–Crippen MR) is 50.2 cm³/mol. The van der Waals surface area contributed by atoms with E-state index >= 15 is 0 Å². The van der Waals surface area contributed by atoms with Gasteiger partial charge in [0, 0.05) is 0 Å². The molecule has 2 heteroatoms. The molecule has 0 bridgehead atoms. The van der Waals surface area contributed by atoms with E-state index in [0.29, 0.717) is 0 Å². The van der Waals surface area contributed by atoms with Crippen molar-refractivity contribution in [3.05, 3.63) is 11.7 Å². The second kappa shape index (κ2) is 11.7. The highest BCUT2D eigenvalue weighted by atomic mass is 32.2. The first kappa shape index (κ1) is 12.6. The Hall–Kier alpha value is -0.110. The second-order valence-electron chi connectivity index (χ2n) is 1.24. The van der Waals surface area contributed by atoms with Crippen LogP contribution in [0.1, 0.15) is 27.7 Å². The van der Waals surface area contributed by atoms with Crippen LogP contribution >= 0.6 is 11.8 Å². The van der Waals surface area contributed by atoms with Gasteiger partial charge in [-0.3, -0.25) is 0 Å². The van der Waals surface area contributed by atoms with Crippen LogP contribution in [-0.4, -0.2) is 12.4 Å². The van der Waals surface area contributed by atoms with Gasteiger partial charge in [0.15, 0.2) is 0 Å². The minimum absolute atomic E-state index is 0.728. The molecule has 0 aromatic carbocycles. The van der Waals surface area contributed by atoms with Crippen molar-refractivity contribution in [2.75, 3.05) is 12.4 Å². The van der Waals surface area contributed by atoms with Gasteiger partial charge in [-0.05, 0) is 19.3 Å². The second-order valence-corrected chi connectivity index (χ2v) is 2.56. The molecule has 0 radical (unpaired) electrons. The van der Waals surface area contributed by atoms with Crippen molar-refractivity contribution in [1.29, 1.82) is 0 Å². The Morgan fingerprint density at radius 3 is 2.20 bits per heavy atom. The summed E-state index contributed by atoms with van der Waals surface area (Å²) in [5, 5.41) is 0.829. The van der Waals surface area contributed by atoms with Gasteiger partial charge in [-0.25, -0.2) is 0 Å². The number of hydrogen-bond acceptors (Lipinski definition) is 2. The van der Waals surface area contributed by atoms with Crippen LogP contribution in [-0.2, 0) is 4.74 Å². The Kier molecular flexibility index (Phi) is 14.6. The molecular weight excluding hydrogens is 144 g/mol. The zero-order valence-electron chi connectivity index (χ0n) is 7.44. The summed E-state index contributed by atoms with van der Waals surface area (Å²) in [5.41, 5.74) is 0. The maximum absolute atomic E-state index is 5.05. The summed E-state index contributed by atoms with van der Waals surface area (Å²) in [6.45, 7) is 12.4. The summed E-state index contributed by atoms with van der Waals surface area (Å²) in [6.07, 6.45) is 0. The minimum atomic E-state index is 0.728. The van der Waals surface area contributed by atoms with Crippen LogP contribution in [0.2, 0.25) is 0 Å². The van der Waals surface area contributed by atoms with E-state index in [1.54, 1.807) is 11.8 Å². The highest BCUT2D eigenvalue weighted by Crippen LogP contribution is 2.12. The molecule has 0 amide bonds. The minimum Gasteiger partial charge on any atom is -0.488 e. The monoisotopic (exact) mass is 162 g/mol. The number of ether oxygens (including phenoxy) is 1. The summed E-state index contributed by atoms with van der Waals surface area (Å²) < 4.78 is 5.05. The summed E-state index contributed by atoms with van der Waals surface area (Å²) in [5.74, 6) is 1.04. The van der Waals surface area contributed by atoms with Gasteiger partial charge in [-0.2, -0.15) is 0 Å². The first-order chi connectivity index (χ1) is 4.81. The first-order valence-electron chi connectivity index (χ1n) is 3.75. The average Bonchev–Trinajstić information content (AvgIpc) is 1.93. The van der Waals surface area contributed by atoms with Gasteiger partial charge in [0.25, 0.3) is 0 Å². The molecule has 0 aliphatic rings. The highest BCUT2D eigenvalue weighted by molar-refractivity contribution is 8.02. The van der Waals surface area contributed by atoms with Gasteiger partial charge in [0.05, 0.1) is 6.61 Å². The van der Waals surface area contributed by atoms with Gasteiger partial charge in [0.1, 0.15) is 5.09 Å².